The molecule has 62 valence electrons. The minimum atomic E-state index is 0.924. The van der Waals surface area contributed by atoms with Gasteiger partial charge in [-0.15, -0.1) is 0 Å². The molecule has 0 aliphatic carbocycles. The molecule has 0 saturated heterocycles. The average Bonchev–Trinajstić information content (AvgIpc) is 2.10. The number of hydrogen-bond acceptors (Lipinski definition) is 0. The molecule has 0 aliphatic heterocycles. The third-order valence-corrected chi connectivity index (χ3v) is 1.15. The van der Waals surface area contributed by atoms with Crippen molar-refractivity contribution in [1.82, 2.24) is 0 Å². The SMILES string of the molecule is C=CC(=C)/C(C=C)=C\C.CC. The van der Waals surface area contributed by atoms with E-state index in [-0.39, 0.29) is 0 Å². The van der Waals surface area contributed by atoms with E-state index >= 15 is 0 Å². The minimum Gasteiger partial charge on any atom is -0.0985 e. The normalized spacial score (nSPS) is 9.18. The second kappa shape index (κ2) is 8.96. The van der Waals surface area contributed by atoms with E-state index in [1.165, 1.54) is 0 Å². The molecule has 0 rings (SSSR count). The standard InChI is InChI=1S/C9H12.C2H6/c1-5-8(4)9(6-2)7-3;1-2/h5-7H,1-2,4H2,3H3;1-2H3/b9-7-;. The lowest BCUT2D eigenvalue weighted by Crippen LogP contribution is -1.76. The van der Waals surface area contributed by atoms with Crippen LogP contribution in [-0.2, 0) is 0 Å². The fourth-order valence-corrected chi connectivity index (χ4v) is 0.552. The van der Waals surface area contributed by atoms with E-state index < -0.39 is 0 Å². The molecule has 0 aromatic carbocycles. The van der Waals surface area contributed by atoms with Gasteiger partial charge in [0.2, 0.25) is 0 Å². The van der Waals surface area contributed by atoms with Gasteiger partial charge >= 0.3 is 0 Å². The quantitative estimate of drug-likeness (QED) is 0.535. The van der Waals surface area contributed by atoms with Gasteiger partial charge in [0.25, 0.3) is 0 Å². The first-order chi connectivity index (χ1) is 5.26. The molecular formula is C11H18. The van der Waals surface area contributed by atoms with Gasteiger partial charge in [-0.3, -0.25) is 0 Å². The van der Waals surface area contributed by atoms with Crippen molar-refractivity contribution in [3.05, 3.63) is 49.1 Å². The predicted octanol–water partition coefficient (Wildman–Crippen LogP) is 3.89. The Morgan fingerprint density at radius 1 is 1.09 bits per heavy atom. The van der Waals surface area contributed by atoms with E-state index in [2.05, 4.69) is 19.7 Å². The molecule has 0 aromatic rings. The van der Waals surface area contributed by atoms with Crippen molar-refractivity contribution < 1.29 is 0 Å². The average molecular weight is 150 g/mol. The lowest BCUT2D eigenvalue weighted by molar-refractivity contribution is 1.50. The molecule has 0 unspecified atom stereocenters. The van der Waals surface area contributed by atoms with E-state index in [0.717, 1.165) is 11.1 Å². The molecule has 0 nitrogen and oxygen atoms in total. The summed E-state index contributed by atoms with van der Waals surface area (Å²) < 4.78 is 0. The summed E-state index contributed by atoms with van der Waals surface area (Å²) in [5.41, 5.74) is 1.97. The van der Waals surface area contributed by atoms with Gasteiger partial charge < -0.3 is 0 Å². The van der Waals surface area contributed by atoms with E-state index in [1.54, 1.807) is 12.2 Å². The monoisotopic (exact) mass is 150 g/mol. The molecular weight excluding hydrogens is 132 g/mol. The molecule has 11 heavy (non-hydrogen) atoms. The first-order valence-electron chi connectivity index (χ1n) is 3.86. The van der Waals surface area contributed by atoms with Crippen LogP contribution < -0.4 is 0 Å². The summed E-state index contributed by atoms with van der Waals surface area (Å²) >= 11 is 0. The first kappa shape index (κ1) is 12.6. The highest BCUT2D eigenvalue weighted by atomic mass is 13.9. The second-order valence-corrected chi connectivity index (χ2v) is 1.68. The van der Waals surface area contributed by atoms with Gasteiger partial charge in [0.05, 0.1) is 0 Å². The van der Waals surface area contributed by atoms with Crippen LogP contribution >= 0.6 is 0 Å². The fourth-order valence-electron chi connectivity index (χ4n) is 0.552. The molecule has 0 bridgehead atoms. The Bertz CT molecular complexity index is 159. The zero-order chi connectivity index (χ0) is 9.28. The molecule has 0 fully saturated rings. The zero-order valence-electron chi connectivity index (χ0n) is 7.85. The van der Waals surface area contributed by atoms with Gasteiger partial charge in [0, 0.05) is 0 Å². The van der Waals surface area contributed by atoms with Crippen molar-refractivity contribution >= 4 is 0 Å². The summed E-state index contributed by atoms with van der Waals surface area (Å²) in [4.78, 5) is 0. The van der Waals surface area contributed by atoms with Crippen LogP contribution in [0.25, 0.3) is 0 Å². The Kier molecular flexibility index (Phi) is 10.3. The van der Waals surface area contributed by atoms with Gasteiger partial charge in [0.15, 0.2) is 0 Å². The van der Waals surface area contributed by atoms with E-state index in [9.17, 15) is 0 Å². The van der Waals surface area contributed by atoms with Gasteiger partial charge in [-0.2, -0.15) is 0 Å². The van der Waals surface area contributed by atoms with Crippen molar-refractivity contribution in [2.75, 3.05) is 0 Å². The van der Waals surface area contributed by atoms with Crippen LogP contribution in [0.1, 0.15) is 20.8 Å². The fraction of sp³-hybridized carbons (Fsp3) is 0.273. The van der Waals surface area contributed by atoms with Gasteiger partial charge in [0.1, 0.15) is 0 Å². The summed E-state index contributed by atoms with van der Waals surface area (Å²) in [6.07, 6.45) is 5.44. The summed E-state index contributed by atoms with van der Waals surface area (Å²) in [7, 11) is 0. The van der Waals surface area contributed by atoms with E-state index in [4.69, 9.17) is 0 Å². The van der Waals surface area contributed by atoms with Crippen molar-refractivity contribution in [2.45, 2.75) is 20.8 Å². The second-order valence-electron chi connectivity index (χ2n) is 1.68. The van der Waals surface area contributed by atoms with Crippen molar-refractivity contribution in [3.8, 4) is 0 Å². The highest BCUT2D eigenvalue weighted by Crippen LogP contribution is 2.07. The number of allylic oxidation sites excluding steroid dienone is 5. The van der Waals surface area contributed by atoms with E-state index in [1.807, 2.05) is 26.8 Å². The maximum Gasteiger partial charge on any atom is -0.0239 e. The van der Waals surface area contributed by atoms with Crippen LogP contribution in [-0.4, -0.2) is 0 Å². The van der Waals surface area contributed by atoms with E-state index in [0.29, 0.717) is 0 Å². The Hall–Kier alpha value is -1.04. The first-order valence-corrected chi connectivity index (χ1v) is 3.86. The molecule has 0 aliphatic rings. The molecule has 0 aromatic heterocycles. The summed E-state index contributed by atoms with van der Waals surface area (Å²) in [5, 5.41) is 0. The third-order valence-electron chi connectivity index (χ3n) is 1.15. The number of hydrogen-bond donors (Lipinski definition) is 0. The highest BCUT2D eigenvalue weighted by molar-refractivity contribution is 5.42. The summed E-state index contributed by atoms with van der Waals surface area (Å²) in [6, 6.07) is 0. The maximum absolute atomic E-state index is 3.76. The lowest BCUT2D eigenvalue weighted by atomic mass is 10.1. The summed E-state index contributed by atoms with van der Waals surface area (Å²) in [6.45, 7) is 16.9. The molecule has 0 spiro atoms. The third kappa shape index (κ3) is 5.41. The molecule has 0 saturated carbocycles. The van der Waals surface area contributed by atoms with Gasteiger partial charge in [-0.05, 0) is 18.1 Å². The molecule has 0 N–H and O–H groups in total. The van der Waals surface area contributed by atoms with Gasteiger partial charge in [-0.25, -0.2) is 0 Å². The van der Waals surface area contributed by atoms with Crippen LogP contribution in [0.2, 0.25) is 0 Å². The Balaban J connectivity index is 0. The molecule has 0 heterocycles. The largest absolute Gasteiger partial charge is 0.0985 e. The van der Waals surface area contributed by atoms with Crippen molar-refractivity contribution in [3.63, 3.8) is 0 Å². The van der Waals surface area contributed by atoms with Crippen molar-refractivity contribution in [1.29, 1.82) is 0 Å². The lowest BCUT2D eigenvalue weighted by Gasteiger charge is -1.96. The van der Waals surface area contributed by atoms with Crippen molar-refractivity contribution in [2.24, 2.45) is 0 Å². The molecule has 0 atom stereocenters. The van der Waals surface area contributed by atoms with Gasteiger partial charge in [-0.1, -0.05) is 51.8 Å². The van der Waals surface area contributed by atoms with Crippen LogP contribution in [0.3, 0.4) is 0 Å². The highest BCUT2D eigenvalue weighted by Gasteiger charge is 1.88. The Labute approximate surface area is 70.6 Å². The smallest absolute Gasteiger partial charge is 0.0239 e. The molecule has 0 radical (unpaired) electrons. The zero-order valence-corrected chi connectivity index (χ0v) is 7.85. The van der Waals surface area contributed by atoms with Crippen LogP contribution in [0, 0.1) is 0 Å². The maximum atomic E-state index is 3.76. The number of rotatable bonds is 3. The Morgan fingerprint density at radius 3 is 1.64 bits per heavy atom. The molecule has 0 heteroatoms. The van der Waals surface area contributed by atoms with Crippen LogP contribution in [0.4, 0.5) is 0 Å². The molecule has 0 amide bonds. The Morgan fingerprint density at radius 2 is 1.55 bits per heavy atom. The van der Waals surface area contributed by atoms with Crippen LogP contribution in [0.5, 0.6) is 0 Å². The van der Waals surface area contributed by atoms with Crippen LogP contribution in [0.15, 0.2) is 49.1 Å². The topological polar surface area (TPSA) is 0 Å². The minimum absolute atomic E-state index is 0.924. The summed E-state index contributed by atoms with van der Waals surface area (Å²) in [5.74, 6) is 0. The predicted molar refractivity (Wildman–Crippen MR) is 54.6 cm³/mol.